The van der Waals surface area contributed by atoms with E-state index in [1.165, 1.54) is 0 Å². The summed E-state index contributed by atoms with van der Waals surface area (Å²) in [6.07, 6.45) is 4.27. The zero-order chi connectivity index (χ0) is 18.0. The van der Waals surface area contributed by atoms with Gasteiger partial charge in [0.15, 0.2) is 0 Å². The fraction of sp³-hybridized carbons (Fsp3) is 0.474. The van der Waals surface area contributed by atoms with Gasteiger partial charge in [-0.15, -0.1) is 0 Å². The van der Waals surface area contributed by atoms with Gasteiger partial charge in [0, 0.05) is 42.5 Å². The largest absolute Gasteiger partial charge is 0.350 e. The minimum absolute atomic E-state index is 0.0154. The van der Waals surface area contributed by atoms with Crippen molar-refractivity contribution in [2.45, 2.75) is 52.2 Å². The Morgan fingerprint density at radius 2 is 1.88 bits per heavy atom. The number of rotatable bonds is 5. The lowest BCUT2D eigenvalue weighted by Crippen LogP contribution is -2.33. The third-order valence-corrected chi connectivity index (χ3v) is 5.12. The maximum atomic E-state index is 12.4. The molecule has 3 unspecified atom stereocenters. The van der Waals surface area contributed by atoms with Crippen LogP contribution in [-0.2, 0) is 4.79 Å². The molecule has 0 radical (unpaired) electrons. The van der Waals surface area contributed by atoms with Crippen molar-refractivity contribution in [1.29, 1.82) is 0 Å². The van der Waals surface area contributed by atoms with Crippen LogP contribution >= 0.6 is 0 Å². The van der Waals surface area contributed by atoms with Crippen LogP contribution in [0, 0.1) is 12.8 Å². The predicted molar refractivity (Wildman–Crippen MR) is 98.2 cm³/mol. The van der Waals surface area contributed by atoms with Gasteiger partial charge in [-0.1, -0.05) is 12.1 Å². The van der Waals surface area contributed by atoms with Crippen LogP contribution < -0.4 is 16.2 Å². The van der Waals surface area contributed by atoms with Gasteiger partial charge in [0.1, 0.15) is 5.82 Å². The Bertz CT molecular complexity index is 714. The van der Waals surface area contributed by atoms with E-state index in [1.807, 2.05) is 24.6 Å². The summed E-state index contributed by atoms with van der Waals surface area (Å²) in [5.74, 6) is 1.35. The Labute approximate surface area is 149 Å². The van der Waals surface area contributed by atoms with E-state index in [2.05, 4.69) is 59.3 Å². The molecule has 3 atom stereocenters. The highest BCUT2D eigenvalue weighted by Crippen LogP contribution is 2.20. The molecule has 25 heavy (non-hydrogen) atoms. The molecule has 6 nitrogen and oxygen atoms in total. The van der Waals surface area contributed by atoms with E-state index in [4.69, 9.17) is 0 Å². The number of amides is 1. The lowest BCUT2D eigenvalue weighted by atomic mass is 9.92. The fourth-order valence-electron chi connectivity index (χ4n) is 3.44. The monoisotopic (exact) mass is 341 g/mol. The highest BCUT2D eigenvalue weighted by molar-refractivity contribution is 5.76. The van der Waals surface area contributed by atoms with E-state index in [1.54, 1.807) is 6.20 Å². The van der Waals surface area contributed by atoms with Crippen molar-refractivity contribution in [2.75, 3.05) is 0 Å². The van der Waals surface area contributed by atoms with E-state index in [0.717, 1.165) is 17.1 Å². The Hall–Kier alpha value is -2.18. The average Bonchev–Trinajstić information content (AvgIpc) is 3.15. The summed E-state index contributed by atoms with van der Waals surface area (Å²) in [6.45, 7) is 8.21. The molecule has 134 valence electrons. The van der Waals surface area contributed by atoms with Crippen LogP contribution in [0.15, 0.2) is 36.7 Å². The predicted octanol–water partition coefficient (Wildman–Crippen LogP) is 2.25. The lowest BCUT2D eigenvalue weighted by Gasteiger charge is -2.20. The zero-order valence-electron chi connectivity index (χ0n) is 15.3. The number of carbonyl (C=O) groups is 1. The number of nitrogens with zero attached hydrogens (tertiary/aromatic N) is 2. The molecule has 2 heterocycles. The van der Waals surface area contributed by atoms with Gasteiger partial charge in [0.25, 0.3) is 0 Å². The van der Waals surface area contributed by atoms with Crippen LogP contribution in [0.25, 0.3) is 5.69 Å². The van der Waals surface area contributed by atoms with Crippen molar-refractivity contribution in [3.63, 3.8) is 0 Å². The molecule has 0 spiro atoms. The summed E-state index contributed by atoms with van der Waals surface area (Å²) in [7, 11) is 0. The molecule has 0 saturated carbocycles. The van der Waals surface area contributed by atoms with Crippen LogP contribution in [0.4, 0.5) is 0 Å². The quantitative estimate of drug-likeness (QED) is 0.780. The number of aromatic nitrogens is 2. The Morgan fingerprint density at radius 1 is 1.24 bits per heavy atom. The number of hydrogen-bond donors (Lipinski definition) is 3. The molecule has 1 aromatic heterocycles. The lowest BCUT2D eigenvalue weighted by molar-refractivity contribution is -0.122. The van der Waals surface area contributed by atoms with Gasteiger partial charge >= 0.3 is 0 Å². The summed E-state index contributed by atoms with van der Waals surface area (Å²) in [5.41, 5.74) is 8.56. The first-order chi connectivity index (χ1) is 12.0. The van der Waals surface area contributed by atoms with Crippen LogP contribution in [0.3, 0.4) is 0 Å². The second kappa shape index (κ2) is 7.37. The molecule has 3 rings (SSSR count). The first kappa shape index (κ1) is 17.6. The molecule has 6 heteroatoms. The van der Waals surface area contributed by atoms with Gasteiger partial charge in [0.05, 0.1) is 6.04 Å². The standard InChI is InChI=1S/C19H27N5O/c1-12(21-19(25)11-18-13(2)22-23-14(18)3)16-5-7-17(8-6-16)24-10-9-20-15(24)4/h5-10,12-14,18,22-23H,11H2,1-4H3,(H,21,25). The SMILES string of the molecule is Cc1nccn1-c1ccc(C(C)NC(=O)CC2C(C)NNC2C)cc1. The molecule has 2 aromatic rings. The molecule has 3 N–H and O–H groups in total. The highest BCUT2D eigenvalue weighted by Gasteiger charge is 2.31. The molecular formula is C19H27N5O. The molecule has 1 aromatic carbocycles. The van der Waals surface area contributed by atoms with Gasteiger partial charge in [0.2, 0.25) is 5.91 Å². The molecule has 0 bridgehead atoms. The molecule has 0 aliphatic carbocycles. The van der Waals surface area contributed by atoms with E-state index < -0.39 is 0 Å². The van der Waals surface area contributed by atoms with Gasteiger partial charge in [-0.05, 0) is 45.4 Å². The molecule has 1 saturated heterocycles. The number of benzene rings is 1. The van der Waals surface area contributed by atoms with Crippen LogP contribution in [0.5, 0.6) is 0 Å². The van der Waals surface area contributed by atoms with Crippen LogP contribution in [0.1, 0.15) is 44.6 Å². The molecule has 1 amide bonds. The molecule has 1 fully saturated rings. The average molecular weight is 341 g/mol. The summed E-state index contributed by atoms with van der Waals surface area (Å²) in [4.78, 5) is 16.6. The van der Waals surface area contributed by atoms with Gasteiger partial charge in [-0.2, -0.15) is 0 Å². The van der Waals surface area contributed by atoms with E-state index in [-0.39, 0.29) is 11.9 Å². The van der Waals surface area contributed by atoms with Crippen molar-refractivity contribution >= 4 is 5.91 Å². The summed E-state index contributed by atoms with van der Waals surface area (Å²) < 4.78 is 2.04. The normalized spacial score (nSPS) is 24.2. The van der Waals surface area contributed by atoms with Gasteiger partial charge in [-0.3, -0.25) is 15.6 Å². The summed E-state index contributed by atoms with van der Waals surface area (Å²) in [5, 5.41) is 3.12. The minimum Gasteiger partial charge on any atom is -0.350 e. The van der Waals surface area contributed by atoms with Crippen molar-refractivity contribution in [3.8, 4) is 5.69 Å². The zero-order valence-corrected chi connectivity index (χ0v) is 15.3. The summed E-state index contributed by atoms with van der Waals surface area (Å²) in [6, 6.07) is 8.82. The molecule has 1 aliphatic heterocycles. The van der Waals surface area contributed by atoms with Crippen LogP contribution in [-0.4, -0.2) is 27.5 Å². The molecule has 1 aliphatic rings. The number of hydrazine groups is 1. The third kappa shape index (κ3) is 3.91. The Morgan fingerprint density at radius 3 is 2.44 bits per heavy atom. The number of imidazole rings is 1. The second-order valence-corrected chi connectivity index (χ2v) is 6.96. The highest BCUT2D eigenvalue weighted by atomic mass is 16.1. The van der Waals surface area contributed by atoms with Gasteiger partial charge in [-0.25, -0.2) is 4.98 Å². The van der Waals surface area contributed by atoms with Gasteiger partial charge < -0.3 is 9.88 Å². The van der Waals surface area contributed by atoms with Crippen molar-refractivity contribution in [1.82, 2.24) is 25.7 Å². The van der Waals surface area contributed by atoms with Crippen molar-refractivity contribution < 1.29 is 4.79 Å². The maximum absolute atomic E-state index is 12.4. The number of hydrogen-bond acceptors (Lipinski definition) is 4. The van der Waals surface area contributed by atoms with Crippen molar-refractivity contribution in [2.24, 2.45) is 5.92 Å². The van der Waals surface area contributed by atoms with Crippen molar-refractivity contribution in [3.05, 3.63) is 48.0 Å². The first-order valence-corrected chi connectivity index (χ1v) is 8.86. The summed E-state index contributed by atoms with van der Waals surface area (Å²) >= 11 is 0. The van der Waals surface area contributed by atoms with Crippen LogP contribution in [0.2, 0.25) is 0 Å². The smallest absolute Gasteiger partial charge is 0.220 e. The number of aryl methyl sites for hydroxylation is 1. The van der Waals surface area contributed by atoms with E-state index >= 15 is 0 Å². The number of nitrogens with one attached hydrogen (secondary N) is 3. The minimum atomic E-state index is -0.0154. The maximum Gasteiger partial charge on any atom is 0.220 e. The molecular weight excluding hydrogens is 314 g/mol. The first-order valence-electron chi connectivity index (χ1n) is 8.86. The van der Waals surface area contributed by atoms with E-state index in [9.17, 15) is 4.79 Å². The Balaban J connectivity index is 1.60. The third-order valence-electron chi connectivity index (χ3n) is 5.12. The topological polar surface area (TPSA) is 71.0 Å². The second-order valence-electron chi connectivity index (χ2n) is 6.96. The Kier molecular flexibility index (Phi) is 5.20. The number of carbonyl (C=O) groups excluding carboxylic acids is 1. The fourth-order valence-corrected chi connectivity index (χ4v) is 3.44. The van der Waals surface area contributed by atoms with E-state index in [0.29, 0.717) is 24.4 Å².